The molecule has 1 atom stereocenters. The van der Waals surface area contributed by atoms with Crippen LogP contribution in [0.3, 0.4) is 0 Å². The van der Waals surface area contributed by atoms with Crippen LogP contribution in [0.5, 0.6) is 11.5 Å². The number of fused-ring (bicyclic) bond motifs is 1. The van der Waals surface area contributed by atoms with Crippen LogP contribution >= 0.6 is 0 Å². The monoisotopic (exact) mass is 444 g/mol. The van der Waals surface area contributed by atoms with Gasteiger partial charge in [-0.3, -0.25) is 4.79 Å². The molecule has 0 N–H and O–H groups in total. The molecule has 0 aliphatic carbocycles. The summed E-state index contributed by atoms with van der Waals surface area (Å²) in [5.41, 5.74) is 1.12. The maximum absolute atomic E-state index is 13.2. The van der Waals surface area contributed by atoms with Gasteiger partial charge in [0, 0.05) is 25.7 Å². The van der Waals surface area contributed by atoms with Gasteiger partial charge < -0.3 is 14.4 Å². The molecule has 2 aromatic rings. The number of carbonyl (C=O) groups is 1. The fourth-order valence-corrected chi connectivity index (χ4v) is 5.54. The topological polar surface area (TPSA) is 76.2 Å². The van der Waals surface area contributed by atoms with Crippen LogP contribution in [0.1, 0.15) is 35.2 Å². The van der Waals surface area contributed by atoms with Gasteiger partial charge >= 0.3 is 0 Å². The van der Waals surface area contributed by atoms with E-state index in [9.17, 15) is 13.2 Å². The van der Waals surface area contributed by atoms with Gasteiger partial charge in [-0.1, -0.05) is 24.6 Å². The highest BCUT2D eigenvalue weighted by atomic mass is 32.2. The van der Waals surface area contributed by atoms with Crippen molar-refractivity contribution in [2.75, 3.05) is 33.3 Å². The Labute approximate surface area is 183 Å². The highest BCUT2D eigenvalue weighted by Gasteiger charge is 2.29. The Morgan fingerprint density at radius 1 is 1.10 bits per heavy atom. The molecule has 2 aliphatic rings. The van der Waals surface area contributed by atoms with Crippen molar-refractivity contribution in [3.05, 3.63) is 53.6 Å². The van der Waals surface area contributed by atoms with Crippen LogP contribution in [-0.4, -0.2) is 62.9 Å². The highest BCUT2D eigenvalue weighted by Crippen LogP contribution is 2.31. The van der Waals surface area contributed by atoms with Crippen LogP contribution < -0.4 is 9.47 Å². The summed E-state index contributed by atoms with van der Waals surface area (Å²) in [6, 6.07) is 12.2. The van der Waals surface area contributed by atoms with Gasteiger partial charge in [0.05, 0.1) is 11.4 Å². The summed E-state index contributed by atoms with van der Waals surface area (Å²) in [4.78, 5) is 14.9. The minimum atomic E-state index is -3.60. The van der Waals surface area contributed by atoms with Gasteiger partial charge in [-0.05, 0) is 49.6 Å². The molecule has 8 heteroatoms. The van der Waals surface area contributed by atoms with E-state index in [4.69, 9.17) is 9.47 Å². The van der Waals surface area contributed by atoms with Crippen molar-refractivity contribution in [1.82, 2.24) is 9.21 Å². The average Bonchev–Trinajstić information content (AvgIpc) is 2.79. The summed E-state index contributed by atoms with van der Waals surface area (Å²) in [6.07, 6.45) is 2.48. The largest absolute Gasteiger partial charge is 0.486 e. The van der Waals surface area contributed by atoms with E-state index < -0.39 is 10.0 Å². The number of hydrogen-bond acceptors (Lipinski definition) is 5. The molecule has 2 aliphatic heterocycles. The van der Waals surface area contributed by atoms with Gasteiger partial charge in [0.2, 0.25) is 10.0 Å². The lowest BCUT2D eigenvalue weighted by Gasteiger charge is -2.30. The lowest BCUT2D eigenvalue weighted by atomic mass is 10.1. The van der Waals surface area contributed by atoms with Crippen molar-refractivity contribution in [2.45, 2.75) is 37.2 Å². The molecule has 1 fully saturated rings. The highest BCUT2D eigenvalue weighted by molar-refractivity contribution is 7.89. The third-order valence-corrected chi connectivity index (χ3v) is 7.68. The first-order valence-electron chi connectivity index (χ1n) is 10.6. The van der Waals surface area contributed by atoms with Crippen molar-refractivity contribution < 1.29 is 22.7 Å². The number of nitrogens with zero attached hydrogens (tertiary/aromatic N) is 2. The fourth-order valence-electron chi connectivity index (χ4n) is 3.99. The number of piperidine rings is 1. The fraction of sp³-hybridized carbons (Fsp3) is 0.435. The molecule has 31 heavy (non-hydrogen) atoms. The van der Waals surface area contributed by atoms with Crippen molar-refractivity contribution in [3.8, 4) is 11.5 Å². The number of aryl methyl sites for hydroxylation is 1. The Morgan fingerprint density at radius 3 is 2.55 bits per heavy atom. The van der Waals surface area contributed by atoms with E-state index in [2.05, 4.69) is 0 Å². The lowest BCUT2D eigenvalue weighted by Crippen LogP contribution is -2.42. The molecule has 1 unspecified atom stereocenters. The zero-order chi connectivity index (χ0) is 22.0. The molecule has 4 rings (SSSR count). The quantitative estimate of drug-likeness (QED) is 0.708. The second-order valence-electron chi connectivity index (χ2n) is 8.12. The van der Waals surface area contributed by atoms with Crippen LogP contribution in [0.25, 0.3) is 0 Å². The first kappa shape index (κ1) is 21.6. The van der Waals surface area contributed by atoms with Gasteiger partial charge in [0.1, 0.15) is 6.61 Å². The summed E-state index contributed by atoms with van der Waals surface area (Å²) in [6.45, 7) is 3.54. The Bertz CT molecular complexity index is 1060. The Morgan fingerprint density at radius 2 is 1.81 bits per heavy atom. The maximum Gasteiger partial charge on any atom is 0.254 e. The number of benzene rings is 2. The number of para-hydroxylation sites is 2. The summed E-state index contributed by atoms with van der Waals surface area (Å²) in [5.74, 6) is 1.11. The number of sulfonamides is 1. The number of hydrogen-bond donors (Lipinski definition) is 0. The van der Waals surface area contributed by atoms with E-state index in [1.54, 1.807) is 24.1 Å². The van der Waals surface area contributed by atoms with E-state index in [0.717, 1.165) is 24.8 Å². The van der Waals surface area contributed by atoms with Crippen LogP contribution in [0.4, 0.5) is 0 Å². The number of amides is 1. The molecule has 0 aromatic heterocycles. The molecular weight excluding hydrogens is 416 g/mol. The van der Waals surface area contributed by atoms with E-state index in [0.29, 0.717) is 43.3 Å². The number of rotatable bonds is 5. The molecule has 0 spiro atoms. The van der Waals surface area contributed by atoms with Crippen molar-refractivity contribution >= 4 is 15.9 Å². The van der Waals surface area contributed by atoms with Gasteiger partial charge in [-0.25, -0.2) is 8.42 Å². The summed E-state index contributed by atoms with van der Waals surface area (Å²) in [7, 11) is -1.91. The first-order valence-corrected chi connectivity index (χ1v) is 12.0. The van der Waals surface area contributed by atoms with E-state index in [1.807, 2.05) is 31.2 Å². The molecule has 0 radical (unpaired) electrons. The predicted octanol–water partition coefficient (Wildman–Crippen LogP) is 3.08. The van der Waals surface area contributed by atoms with Gasteiger partial charge in [-0.15, -0.1) is 0 Å². The normalized spacial score (nSPS) is 19.1. The standard InChI is InChI=1S/C23H28N2O5S/c1-17-10-11-19(31(27,28)25-12-6-3-7-13-25)14-20(17)23(26)24(2)15-18-16-29-21-8-4-5-9-22(21)30-18/h4-5,8-11,14,18H,3,6-7,12-13,15-16H2,1-2H3. The van der Waals surface area contributed by atoms with Crippen molar-refractivity contribution in [1.29, 1.82) is 0 Å². The minimum Gasteiger partial charge on any atom is -0.486 e. The maximum atomic E-state index is 13.2. The van der Waals surface area contributed by atoms with Gasteiger partial charge in [0.25, 0.3) is 5.91 Å². The predicted molar refractivity (Wildman–Crippen MR) is 117 cm³/mol. The number of ether oxygens (including phenoxy) is 2. The smallest absolute Gasteiger partial charge is 0.254 e. The summed E-state index contributed by atoms with van der Waals surface area (Å²) in [5, 5.41) is 0. The average molecular weight is 445 g/mol. The number of carbonyl (C=O) groups excluding carboxylic acids is 1. The van der Waals surface area contributed by atoms with Crippen molar-refractivity contribution in [3.63, 3.8) is 0 Å². The van der Waals surface area contributed by atoms with Gasteiger partial charge in [-0.2, -0.15) is 4.31 Å². The van der Waals surface area contributed by atoms with Crippen LogP contribution in [-0.2, 0) is 10.0 Å². The molecular formula is C23H28N2O5S. The summed E-state index contributed by atoms with van der Waals surface area (Å²) >= 11 is 0. The Balaban J connectivity index is 1.49. The third-order valence-electron chi connectivity index (χ3n) is 5.78. The zero-order valence-electron chi connectivity index (χ0n) is 17.9. The molecule has 166 valence electrons. The van der Waals surface area contributed by atoms with Crippen LogP contribution in [0.15, 0.2) is 47.4 Å². The molecule has 1 amide bonds. The third kappa shape index (κ3) is 4.55. The Kier molecular flexibility index (Phi) is 6.20. The molecule has 0 bridgehead atoms. The SMILES string of the molecule is Cc1ccc(S(=O)(=O)N2CCCCC2)cc1C(=O)N(C)CC1COc2ccccc2O1. The Hall–Kier alpha value is -2.58. The molecule has 2 heterocycles. The van der Waals surface area contributed by atoms with Crippen molar-refractivity contribution in [2.24, 2.45) is 0 Å². The lowest BCUT2D eigenvalue weighted by molar-refractivity contribution is 0.0520. The summed E-state index contributed by atoms with van der Waals surface area (Å²) < 4.78 is 39.3. The number of likely N-dealkylation sites (N-methyl/N-ethyl adjacent to an activating group) is 1. The van der Waals surface area contributed by atoms with Crippen LogP contribution in [0, 0.1) is 6.92 Å². The second-order valence-corrected chi connectivity index (χ2v) is 10.1. The molecule has 0 saturated carbocycles. The van der Waals surface area contributed by atoms with Crippen LogP contribution in [0.2, 0.25) is 0 Å². The van der Waals surface area contributed by atoms with E-state index in [-0.39, 0.29) is 16.9 Å². The second kappa shape index (κ2) is 8.88. The van der Waals surface area contributed by atoms with E-state index >= 15 is 0 Å². The van der Waals surface area contributed by atoms with Gasteiger partial charge in [0.15, 0.2) is 17.6 Å². The minimum absolute atomic E-state index is 0.169. The molecule has 2 aromatic carbocycles. The first-order chi connectivity index (χ1) is 14.9. The van der Waals surface area contributed by atoms with E-state index in [1.165, 1.54) is 10.4 Å². The zero-order valence-corrected chi connectivity index (χ0v) is 18.7. The molecule has 1 saturated heterocycles. The molecule has 7 nitrogen and oxygen atoms in total.